The zero-order valence-corrected chi connectivity index (χ0v) is 14.2. The van der Waals surface area contributed by atoms with Crippen LogP contribution in [0.15, 0.2) is 25.3 Å². The molecule has 0 aromatic carbocycles. The molecule has 0 radical (unpaired) electrons. The van der Waals surface area contributed by atoms with Crippen molar-refractivity contribution in [1.82, 2.24) is 0 Å². The van der Waals surface area contributed by atoms with Gasteiger partial charge in [0.25, 0.3) is 5.60 Å². The lowest BCUT2D eigenvalue weighted by Crippen LogP contribution is -2.59. The van der Waals surface area contributed by atoms with E-state index in [4.69, 9.17) is 0 Å². The molecular weight excluding hydrogens is 447 g/mol. The van der Waals surface area contributed by atoms with Gasteiger partial charge in [0.05, 0.1) is 6.42 Å². The number of halogens is 13. The minimum absolute atomic E-state index is 0.137. The largest absolute Gasteiger partial charge is 0.426 e. The molecule has 0 fully saturated rings. The molecular formula is C14H15F13O2. The van der Waals surface area contributed by atoms with E-state index in [0.717, 1.165) is 0 Å². The van der Waals surface area contributed by atoms with E-state index in [1.54, 1.807) is 0 Å². The predicted molar refractivity (Wildman–Crippen MR) is 73.4 cm³/mol. The Bertz CT molecular complexity index is 474. The summed E-state index contributed by atoms with van der Waals surface area (Å²) in [4.78, 5) is 0. The minimum atomic E-state index is -6.15. The van der Waals surface area contributed by atoms with Crippen LogP contribution in [0.2, 0.25) is 0 Å². The van der Waals surface area contributed by atoms with Gasteiger partial charge >= 0.3 is 24.7 Å². The summed E-state index contributed by atoms with van der Waals surface area (Å²) in [6.07, 6.45) is -30.4. The third-order valence-electron chi connectivity index (χ3n) is 2.81. The van der Waals surface area contributed by atoms with Gasteiger partial charge in [0.1, 0.15) is 13.5 Å². The van der Waals surface area contributed by atoms with Gasteiger partial charge in [-0.1, -0.05) is 12.2 Å². The van der Waals surface area contributed by atoms with Gasteiger partial charge < -0.3 is 9.47 Å². The fourth-order valence-electron chi connectivity index (χ4n) is 1.51. The Morgan fingerprint density at radius 3 is 1.41 bits per heavy atom. The van der Waals surface area contributed by atoms with Gasteiger partial charge in [-0.2, -0.15) is 52.7 Å². The molecule has 0 N–H and O–H groups in total. The normalized spacial score (nSPS) is 14.7. The molecule has 0 saturated carbocycles. The van der Waals surface area contributed by atoms with Crippen LogP contribution in [0.4, 0.5) is 57.1 Å². The first-order chi connectivity index (χ1) is 12.8. The molecule has 0 spiro atoms. The van der Waals surface area contributed by atoms with Crippen molar-refractivity contribution in [2.24, 2.45) is 0 Å². The van der Waals surface area contributed by atoms with Crippen molar-refractivity contribution in [3.63, 3.8) is 0 Å². The van der Waals surface area contributed by atoms with Crippen LogP contribution in [0.3, 0.4) is 0 Å². The van der Waals surface area contributed by atoms with Gasteiger partial charge in [0, 0.05) is 6.42 Å². The average molecular weight is 462 g/mol. The topological polar surface area (TPSA) is 18.5 Å². The second kappa shape index (κ2) is 11.0. The lowest BCUT2D eigenvalue weighted by atomic mass is 9.98. The Morgan fingerprint density at radius 1 is 0.759 bits per heavy atom. The number of alkyl halides is 13. The van der Waals surface area contributed by atoms with Crippen LogP contribution in [0.5, 0.6) is 0 Å². The zero-order chi connectivity index (χ0) is 23.7. The number of hydrogen-bond donors (Lipinski definition) is 0. The Balaban J connectivity index is 0. The Hall–Kier alpha value is -1.51. The molecule has 0 aromatic rings. The zero-order valence-electron chi connectivity index (χ0n) is 14.2. The molecule has 0 rings (SSSR count). The molecule has 174 valence electrons. The molecule has 29 heavy (non-hydrogen) atoms. The van der Waals surface area contributed by atoms with E-state index < -0.39 is 62.7 Å². The quantitative estimate of drug-likeness (QED) is 0.235. The van der Waals surface area contributed by atoms with Crippen molar-refractivity contribution >= 4 is 0 Å². The minimum Gasteiger partial charge on any atom is -0.342 e. The Kier molecular flexibility index (Phi) is 11.3. The molecule has 0 aromatic heterocycles. The van der Waals surface area contributed by atoms with Crippen molar-refractivity contribution in [2.75, 3.05) is 13.5 Å². The Labute approximate surface area is 155 Å². The number of hydrogen-bond acceptors (Lipinski definition) is 2. The molecule has 15 heteroatoms. The summed E-state index contributed by atoms with van der Waals surface area (Å²) >= 11 is 0. The molecule has 0 aliphatic rings. The average Bonchev–Trinajstić information content (AvgIpc) is 2.48. The van der Waals surface area contributed by atoms with E-state index in [9.17, 15) is 57.1 Å². The summed E-state index contributed by atoms with van der Waals surface area (Å²) < 4.78 is 167. The number of ether oxygens (including phenoxy) is 2. The fourth-order valence-corrected chi connectivity index (χ4v) is 1.51. The number of rotatable bonds is 8. The highest BCUT2D eigenvalue weighted by Crippen LogP contribution is 2.48. The van der Waals surface area contributed by atoms with Crippen LogP contribution in [0.1, 0.15) is 12.8 Å². The van der Waals surface area contributed by atoms with Crippen LogP contribution >= 0.6 is 0 Å². The lowest BCUT2D eigenvalue weighted by Gasteiger charge is -2.36. The van der Waals surface area contributed by atoms with E-state index in [1.807, 2.05) is 0 Å². The summed E-state index contributed by atoms with van der Waals surface area (Å²) in [7, 11) is 0. The summed E-state index contributed by atoms with van der Waals surface area (Å²) in [5, 5.41) is 0. The van der Waals surface area contributed by atoms with Crippen molar-refractivity contribution in [3.05, 3.63) is 25.3 Å². The molecule has 0 saturated heterocycles. The van der Waals surface area contributed by atoms with Crippen molar-refractivity contribution in [1.29, 1.82) is 0 Å². The van der Waals surface area contributed by atoms with Gasteiger partial charge in [0.2, 0.25) is 0 Å². The highest BCUT2D eigenvalue weighted by atomic mass is 19.4. The van der Waals surface area contributed by atoms with Gasteiger partial charge in [-0.05, 0) is 0 Å². The first-order valence-electron chi connectivity index (χ1n) is 7.09. The predicted octanol–water partition coefficient (Wildman–Crippen LogP) is 6.44. The summed E-state index contributed by atoms with van der Waals surface area (Å²) in [5.41, 5.74) is -4.98. The smallest absolute Gasteiger partial charge is 0.342 e. The van der Waals surface area contributed by atoms with Crippen molar-refractivity contribution < 1.29 is 66.5 Å². The first kappa shape index (κ1) is 29.7. The third-order valence-corrected chi connectivity index (χ3v) is 2.81. The van der Waals surface area contributed by atoms with E-state index in [-0.39, 0.29) is 6.08 Å². The number of allylic oxidation sites excluding steroid dienone is 1. The SMILES string of the molecule is C=CCC(OCOC(CC(F)(F)F)C(F)(F)F)(C(F)(F)F)C(F)(F)F.C=CCF. The molecule has 0 aliphatic carbocycles. The van der Waals surface area contributed by atoms with E-state index >= 15 is 0 Å². The molecule has 0 bridgehead atoms. The van der Waals surface area contributed by atoms with E-state index in [0.29, 0.717) is 0 Å². The van der Waals surface area contributed by atoms with Crippen LogP contribution in [-0.4, -0.2) is 49.9 Å². The summed E-state index contributed by atoms with van der Waals surface area (Å²) in [5.74, 6) is 0. The van der Waals surface area contributed by atoms with Crippen molar-refractivity contribution in [3.8, 4) is 0 Å². The van der Waals surface area contributed by atoms with E-state index in [2.05, 4.69) is 22.6 Å². The molecule has 2 nitrogen and oxygen atoms in total. The maximum absolute atomic E-state index is 12.7. The maximum atomic E-state index is 12.7. The summed E-state index contributed by atoms with van der Waals surface area (Å²) in [6, 6.07) is 0. The lowest BCUT2D eigenvalue weighted by molar-refractivity contribution is -0.398. The summed E-state index contributed by atoms with van der Waals surface area (Å²) in [6.45, 7) is 3.00. The third kappa shape index (κ3) is 10.2. The maximum Gasteiger partial charge on any atom is 0.426 e. The highest BCUT2D eigenvalue weighted by Gasteiger charge is 2.71. The van der Waals surface area contributed by atoms with Gasteiger partial charge in [0.15, 0.2) is 6.10 Å². The van der Waals surface area contributed by atoms with Crippen LogP contribution < -0.4 is 0 Å². The molecule has 0 amide bonds. The monoisotopic (exact) mass is 462 g/mol. The molecule has 0 aliphatic heterocycles. The van der Waals surface area contributed by atoms with Gasteiger partial charge in [-0.15, -0.1) is 13.2 Å². The highest BCUT2D eigenvalue weighted by molar-refractivity contribution is 5.00. The van der Waals surface area contributed by atoms with Crippen LogP contribution in [-0.2, 0) is 9.47 Å². The second-order valence-corrected chi connectivity index (χ2v) is 5.04. The second-order valence-electron chi connectivity index (χ2n) is 5.04. The van der Waals surface area contributed by atoms with Crippen LogP contribution in [0, 0.1) is 0 Å². The van der Waals surface area contributed by atoms with E-state index in [1.165, 1.54) is 6.08 Å². The van der Waals surface area contributed by atoms with Gasteiger partial charge in [-0.3, -0.25) is 0 Å². The standard InChI is InChI=1S/C11H10F12O2.C3H5F/c1-2-3-7(10(18,19)20,11(21,22)23)25-5-24-6(9(15,16)17)4-8(12,13)14;1-2-3-4/h2,6H,1,3-5H2;2H,1,3H2. The molecule has 0 heterocycles. The van der Waals surface area contributed by atoms with Gasteiger partial charge in [-0.25, -0.2) is 4.39 Å². The molecule has 1 unspecified atom stereocenters. The van der Waals surface area contributed by atoms with Crippen LogP contribution in [0.25, 0.3) is 0 Å². The van der Waals surface area contributed by atoms with Crippen molar-refractivity contribution in [2.45, 2.75) is 49.3 Å². The first-order valence-corrected chi connectivity index (χ1v) is 7.09. The Morgan fingerprint density at radius 2 is 1.17 bits per heavy atom. The molecule has 1 atom stereocenters. The fraction of sp³-hybridized carbons (Fsp3) is 0.714.